The molecule has 0 aromatic heterocycles. The molecule has 1 fully saturated rings. The standard InChI is InChI=1S/C6H7N3/c7-3-5-1-2-9-6(5)4-8/h5-6,9H,1-2H2. The van der Waals surface area contributed by atoms with Crippen LogP contribution in [0.15, 0.2) is 0 Å². The minimum absolute atomic E-state index is 0.0880. The largest absolute Gasteiger partial charge is 0.301 e. The molecule has 1 aliphatic heterocycles. The molecule has 0 radical (unpaired) electrons. The van der Waals surface area contributed by atoms with Crippen LogP contribution >= 0.6 is 0 Å². The Balaban J connectivity index is 2.57. The van der Waals surface area contributed by atoms with Crippen LogP contribution in [-0.4, -0.2) is 12.6 Å². The van der Waals surface area contributed by atoms with Crippen molar-refractivity contribution in [3.05, 3.63) is 0 Å². The molecular weight excluding hydrogens is 114 g/mol. The Labute approximate surface area is 53.9 Å². The molecule has 3 heteroatoms. The van der Waals surface area contributed by atoms with Gasteiger partial charge in [-0.25, -0.2) is 0 Å². The molecule has 0 aromatic rings. The van der Waals surface area contributed by atoms with E-state index in [1.54, 1.807) is 0 Å². The van der Waals surface area contributed by atoms with Crippen molar-refractivity contribution in [3.8, 4) is 12.1 Å². The third-order valence-electron chi connectivity index (χ3n) is 1.53. The van der Waals surface area contributed by atoms with Gasteiger partial charge in [0.15, 0.2) is 0 Å². The maximum absolute atomic E-state index is 8.43. The van der Waals surface area contributed by atoms with Gasteiger partial charge in [-0.15, -0.1) is 0 Å². The van der Waals surface area contributed by atoms with E-state index in [1.807, 2.05) is 6.07 Å². The Morgan fingerprint density at radius 3 is 2.56 bits per heavy atom. The molecule has 0 aliphatic carbocycles. The monoisotopic (exact) mass is 121 g/mol. The molecule has 0 aromatic carbocycles. The van der Waals surface area contributed by atoms with Crippen LogP contribution in [0.1, 0.15) is 6.42 Å². The zero-order chi connectivity index (χ0) is 6.69. The predicted molar refractivity (Wildman–Crippen MR) is 31.1 cm³/mol. The summed E-state index contributed by atoms with van der Waals surface area (Å²) < 4.78 is 0. The summed E-state index contributed by atoms with van der Waals surface area (Å²) in [5, 5.41) is 19.8. The number of hydrogen-bond acceptors (Lipinski definition) is 3. The second-order valence-electron chi connectivity index (χ2n) is 2.09. The van der Waals surface area contributed by atoms with E-state index in [1.165, 1.54) is 0 Å². The SMILES string of the molecule is N#CC1CCNC1C#N. The van der Waals surface area contributed by atoms with Crippen molar-refractivity contribution in [1.29, 1.82) is 10.5 Å². The van der Waals surface area contributed by atoms with E-state index in [2.05, 4.69) is 11.4 Å². The summed E-state index contributed by atoms with van der Waals surface area (Å²) in [5.74, 6) is -0.0880. The lowest BCUT2D eigenvalue weighted by atomic mass is 10.0. The predicted octanol–water partition coefficient (Wildman–Crippen LogP) is 0.0117. The Morgan fingerprint density at radius 2 is 2.11 bits per heavy atom. The Hall–Kier alpha value is -1.06. The van der Waals surface area contributed by atoms with Crippen LogP contribution in [0, 0.1) is 28.6 Å². The molecule has 3 nitrogen and oxygen atoms in total. The topological polar surface area (TPSA) is 59.6 Å². The Morgan fingerprint density at radius 1 is 1.33 bits per heavy atom. The number of hydrogen-bond donors (Lipinski definition) is 1. The van der Waals surface area contributed by atoms with Gasteiger partial charge in [-0.3, -0.25) is 0 Å². The average molecular weight is 121 g/mol. The zero-order valence-corrected chi connectivity index (χ0v) is 4.96. The molecular formula is C6H7N3. The van der Waals surface area contributed by atoms with Gasteiger partial charge in [0, 0.05) is 0 Å². The van der Waals surface area contributed by atoms with E-state index in [4.69, 9.17) is 10.5 Å². The molecule has 0 saturated carbocycles. The third-order valence-corrected chi connectivity index (χ3v) is 1.53. The minimum atomic E-state index is -0.227. The molecule has 46 valence electrons. The Kier molecular flexibility index (Phi) is 1.67. The maximum Gasteiger partial charge on any atom is 0.111 e. The van der Waals surface area contributed by atoms with E-state index >= 15 is 0 Å². The van der Waals surface area contributed by atoms with Gasteiger partial charge in [0.05, 0.1) is 18.1 Å². The maximum atomic E-state index is 8.43. The van der Waals surface area contributed by atoms with Crippen molar-refractivity contribution in [2.45, 2.75) is 12.5 Å². The first-order valence-corrected chi connectivity index (χ1v) is 2.91. The van der Waals surface area contributed by atoms with Crippen molar-refractivity contribution in [3.63, 3.8) is 0 Å². The molecule has 2 unspecified atom stereocenters. The summed E-state index contributed by atoms with van der Waals surface area (Å²) in [7, 11) is 0. The van der Waals surface area contributed by atoms with E-state index in [0.29, 0.717) is 0 Å². The number of nitriles is 2. The van der Waals surface area contributed by atoms with Gasteiger partial charge >= 0.3 is 0 Å². The fourth-order valence-electron chi connectivity index (χ4n) is 0.978. The first-order valence-electron chi connectivity index (χ1n) is 2.91. The third kappa shape index (κ3) is 1.01. The number of nitrogens with one attached hydrogen (secondary N) is 1. The van der Waals surface area contributed by atoms with Crippen molar-refractivity contribution >= 4 is 0 Å². The van der Waals surface area contributed by atoms with Gasteiger partial charge in [0.25, 0.3) is 0 Å². The Bertz CT molecular complexity index is 154. The highest BCUT2D eigenvalue weighted by molar-refractivity contribution is 5.07. The van der Waals surface area contributed by atoms with E-state index in [-0.39, 0.29) is 12.0 Å². The number of rotatable bonds is 0. The summed E-state index contributed by atoms with van der Waals surface area (Å²) in [6.07, 6.45) is 0.814. The lowest BCUT2D eigenvalue weighted by Gasteiger charge is -1.99. The first-order chi connectivity index (χ1) is 4.38. The first kappa shape index (κ1) is 6.07. The van der Waals surface area contributed by atoms with Crippen LogP contribution in [0.5, 0.6) is 0 Å². The van der Waals surface area contributed by atoms with Crippen molar-refractivity contribution in [2.24, 2.45) is 5.92 Å². The lowest BCUT2D eigenvalue weighted by molar-refractivity contribution is 0.641. The molecule has 1 saturated heterocycles. The molecule has 1 aliphatic rings. The fourth-order valence-corrected chi connectivity index (χ4v) is 0.978. The second-order valence-corrected chi connectivity index (χ2v) is 2.09. The summed E-state index contributed by atoms with van der Waals surface area (Å²) in [5.41, 5.74) is 0. The van der Waals surface area contributed by atoms with Crippen LogP contribution in [0.25, 0.3) is 0 Å². The van der Waals surface area contributed by atoms with Crippen molar-refractivity contribution in [2.75, 3.05) is 6.54 Å². The average Bonchev–Trinajstić information content (AvgIpc) is 2.33. The van der Waals surface area contributed by atoms with Gasteiger partial charge in [-0.2, -0.15) is 10.5 Å². The molecule has 0 bridgehead atoms. The summed E-state index contributed by atoms with van der Waals surface area (Å²) >= 11 is 0. The van der Waals surface area contributed by atoms with E-state index < -0.39 is 0 Å². The summed E-state index contributed by atoms with van der Waals surface area (Å²) in [4.78, 5) is 0. The van der Waals surface area contributed by atoms with Gasteiger partial charge in [0.2, 0.25) is 0 Å². The van der Waals surface area contributed by atoms with Crippen molar-refractivity contribution < 1.29 is 0 Å². The summed E-state index contributed by atoms with van der Waals surface area (Å²) in [6, 6.07) is 3.88. The van der Waals surface area contributed by atoms with Crippen LogP contribution < -0.4 is 5.32 Å². The van der Waals surface area contributed by atoms with Gasteiger partial charge in [-0.1, -0.05) is 0 Å². The summed E-state index contributed by atoms with van der Waals surface area (Å²) in [6.45, 7) is 0.802. The van der Waals surface area contributed by atoms with Crippen LogP contribution in [0.3, 0.4) is 0 Å². The molecule has 0 spiro atoms. The highest BCUT2D eigenvalue weighted by atomic mass is 14.9. The van der Waals surface area contributed by atoms with Gasteiger partial charge in [-0.05, 0) is 13.0 Å². The van der Waals surface area contributed by atoms with Crippen LogP contribution in [0.2, 0.25) is 0 Å². The van der Waals surface area contributed by atoms with E-state index in [0.717, 1.165) is 13.0 Å². The zero-order valence-electron chi connectivity index (χ0n) is 4.96. The van der Waals surface area contributed by atoms with Gasteiger partial charge < -0.3 is 5.32 Å². The fraction of sp³-hybridized carbons (Fsp3) is 0.667. The van der Waals surface area contributed by atoms with Gasteiger partial charge in [0.1, 0.15) is 6.04 Å². The highest BCUT2D eigenvalue weighted by Gasteiger charge is 2.25. The molecule has 9 heavy (non-hydrogen) atoms. The van der Waals surface area contributed by atoms with Crippen LogP contribution in [0.4, 0.5) is 0 Å². The minimum Gasteiger partial charge on any atom is -0.301 e. The molecule has 1 rings (SSSR count). The normalized spacial score (nSPS) is 33.1. The molecule has 0 amide bonds. The van der Waals surface area contributed by atoms with E-state index in [9.17, 15) is 0 Å². The molecule has 2 atom stereocenters. The molecule has 1 N–H and O–H groups in total. The smallest absolute Gasteiger partial charge is 0.111 e. The lowest BCUT2D eigenvalue weighted by Crippen LogP contribution is -2.23. The second kappa shape index (κ2) is 2.48. The quantitative estimate of drug-likeness (QED) is 0.491. The molecule has 1 heterocycles. The highest BCUT2D eigenvalue weighted by Crippen LogP contribution is 2.12. The van der Waals surface area contributed by atoms with Crippen LogP contribution in [-0.2, 0) is 0 Å². The number of nitrogens with zero attached hydrogens (tertiary/aromatic N) is 2. The van der Waals surface area contributed by atoms with Crippen molar-refractivity contribution in [1.82, 2.24) is 5.32 Å².